The molecule has 2 aromatic heterocycles. The summed E-state index contributed by atoms with van der Waals surface area (Å²) < 4.78 is 58.5. The number of nitrogens with one attached hydrogen (secondary N) is 2. The summed E-state index contributed by atoms with van der Waals surface area (Å²) in [6.07, 6.45) is -2.00. The molecule has 1 unspecified atom stereocenters. The predicted molar refractivity (Wildman–Crippen MR) is 197 cm³/mol. The lowest BCUT2D eigenvalue weighted by Gasteiger charge is -2.36. The minimum atomic E-state index is -4.73. The molecule has 1 aliphatic carbocycles. The van der Waals surface area contributed by atoms with Crippen LogP contribution in [0.15, 0.2) is 83.5 Å². The fourth-order valence-corrected chi connectivity index (χ4v) is 7.25. The monoisotopic (exact) mass is 780 g/mol. The van der Waals surface area contributed by atoms with Crippen molar-refractivity contribution in [2.75, 3.05) is 5.32 Å². The molecule has 13 nitrogen and oxygen atoms in total. The SMILES string of the molecule is Cc1nc(-c2ncc(Oc3ccc(C(C)(C)c4ccc(O[C@H]5C[C@H](Nc6ccc7c(c6)C(=O)N(C6CCC(=O)NC6=O)C7=O)C5)cc4)cc3)cc2C(F)(F)F)no1. The first-order chi connectivity index (χ1) is 27.1. The van der Waals surface area contributed by atoms with Gasteiger partial charge in [-0.25, -0.2) is 4.98 Å². The van der Waals surface area contributed by atoms with Gasteiger partial charge in [-0.3, -0.25) is 29.4 Å². The lowest BCUT2D eigenvalue weighted by Crippen LogP contribution is -2.54. The first-order valence-electron chi connectivity index (χ1n) is 18.2. The molecule has 2 aliphatic heterocycles. The third kappa shape index (κ3) is 7.30. The molecule has 3 aliphatic rings. The van der Waals surface area contributed by atoms with E-state index >= 15 is 0 Å². The molecule has 16 heteroatoms. The highest BCUT2D eigenvalue weighted by Crippen LogP contribution is 2.39. The predicted octanol–water partition coefficient (Wildman–Crippen LogP) is 7.00. The van der Waals surface area contributed by atoms with Crippen LogP contribution in [0.25, 0.3) is 11.5 Å². The van der Waals surface area contributed by atoms with E-state index in [1.54, 1.807) is 30.3 Å². The average molecular weight is 781 g/mol. The van der Waals surface area contributed by atoms with E-state index in [1.807, 2.05) is 36.4 Å². The summed E-state index contributed by atoms with van der Waals surface area (Å²) >= 11 is 0. The second kappa shape index (κ2) is 14.2. The number of halogens is 3. The van der Waals surface area contributed by atoms with Crippen molar-refractivity contribution >= 4 is 29.3 Å². The van der Waals surface area contributed by atoms with E-state index in [2.05, 4.69) is 39.6 Å². The second-order valence-electron chi connectivity index (χ2n) is 14.7. The van der Waals surface area contributed by atoms with Gasteiger partial charge in [-0.05, 0) is 66.1 Å². The number of benzene rings is 3. The molecule has 2 fully saturated rings. The molecule has 8 rings (SSSR count). The number of pyridine rings is 1. The lowest BCUT2D eigenvalue weighted by atomic mass is 9.78. The van der Waals surface area contributed by atoms with Gasteiger partial charge in [0.05, 0.1) is 22.9 Å². The number of nitrogens with zero attached hydrogens (tertiary/aromatic N) is 4. The van der Waals surface area contributed by atoms with Gasteiger partial charge in [0, 0.05) is 43.3 Å². The number of piperidine rings is 1. The largest absolute Gasteiger partial charge is 0.490 e. The molecule has 0 radical (unpaired) electrons. The smallest absolute Gasteiger partial charge is 0.418 e. The number of hydrogen-bond donors (Lipinski definition) is 2. The van der Waals surface area contributed by atoms with Gasteiger partial charge in [-0.1, -0.05) is 43.3 Å². The number of ether oxygens (including phenoxy) is 2. The van der Waals surface area contributed by atoms with Gasteiger partial charge >= 0.3 is 6.18 Å². The van der Waals surface area contributed by atoms with E-state index in [-0.39, 0.29) is 53.6 Å². The van der Waals surface area contributed by atoms with Gasteiger partial charge in [0.15, 0.2) is 0 Å². The number of amides is 4. The van der Waals surface area contributed by atoms with Crippen LogP contribution in [0.1, 0.15) is 82.8 Å². The zero-order valence-electron chi connectivity index (χ0n) is 30.8. The van der Waals surface area contributed by atoms with E-state index in [0.29, 0.717) is 30.0 Å². The number of aryl methyl sites for hydroxylation is 1. The number of carbonyl (C=O) groups excluding carboxylic acids is 4. The fourth-order valence-electron chi connectivity index (χ4n) is 7.25. The van der Waals surface area contributed by atoms with Crippen molar-refractivity contribution in [3.63, 3.8) is 0 Å². The van der Waals surface area contributed by atoms with Crippen LogP contribution in [-0.2, 0) is 21.2 Å². The van der Waals surface area contributed by atoms with E-state index in [9.17, 15) is 32.3 Å². The first kappa shape index (κ1) is 37.3. The number of alkyl halides is 3. The van der Waals surface area contributed by atoms with Crippen molar-refractivity contribution in [1.82, 2.24) is 25.3 Å². The normalized spacial score (nSPS) is 19.5. The molecular weight excluding hydrogens is 745 g/mol. The van der Waals surface area contributed by atoms with Crippen LogP contribution in [0.5, 0.6) is 17.2 Å². The molecule has 292 valence electrons. The number of aromatic nitrogens is 3. The lowest BCUT2D eigenvalue weighted by molar-refractivity contribution is -0.138. The molecule has 0 bridgehead atoms. The summed E-state index contributed by atoms with van der Waals surface area (Å²) in [4.78, 5) is 58.9. The van der Waals surface area contributed by atoms with Gasteiger partial charge in [0.2, 0.25) is 23.5 Å². The Morgan fingerprint density at radius 1 is 0.860 bits per heavy atom. The highest BCUT2D eigenvalue weighted by molar-refractivity contribution is 6.23. The third-order valence-corrected chi connectivity index (χ3v) is 10.5. The van der Waals surface area contributed by atoms with E-state index in [0.717, 1.165) is 22.1 Å². The Bertz CT molecular complexity index is 2410. The van der Waals surface area contributed by atoms with Crippen LogP contribution in [0.3, 0.4) is 0 Å². The Morgan fingerprint density at radius 2 is 1.53 bits per heavy atom. The van der Waals surface area contributed by atoms with Crippen molar-refractivity contribution in [2.24, 2.45) is 0 Å². The molecule has 5 aromatic rings. The summed E-state index contributed by atoms with van der Waals surface area (Å²) in [6, 6.07) is 19.8. The maximum Gasteiger partial charge on any atom is 0.418 e. The molecule has 0 spiro atoms. The second-order valence-corrected chi connectivity index (χ2v) is 14.7. The Hall–Kier alpha value is -6.58. The van der Waals surface area contributed by atoms with Crippen LogP contribution in [0.4, 0.5) is 18.9 Å². The van der Waals surface area contributed by atoms with Crippen LogP contribution in [-0.4, -0.2) is 61.8 Å². The maximum absolute atomic E-state index is 13.9. The topological polar surface area (TPSA) is 166 Å². The number of carbonyl (C=O) groups is 4. The van der Waals surface area contributed by atoms with E-state index in [4.69, 9.17) is 14.0 Å². The number of rotatable bonds is 10. The molecular formula is C41H35F3N6O7. The molecule has 1 saturated carbocycles. The van der Waals surface area contributed by atoms with E-state index in [1.165, 1.54) is 13.1 Å². The van der Waals surface area contributed by atoms with Crippen molar-refractivity contribution in [3.05, 3.63) is 113 Å². The molecule has 1 saturated heterocycles. The molecule has 1 atom stereocenters. The molecule has 2 N–H and O–H groups in total. The highest BCUT2D eigenvalue weighted by Gasteiger charge is 2.45. The van der Waals surface area contributed by atoms with E-state index < -0.39 is 52.5 Å². The molecule has 3 aromatic carbocycles. The van der Waals surface area contributed by atoms with Crippen molar-refractivity contribution in [3.8, 4) is 28.8 Å². The molecule has 57 heavy (non-hydrogen) atoms. The van der Waals surface area contributed by atoms with Crippen molar-refractivity contribution in [2.45, 2.75) is 76.2 Å². The highest BCUT2D eigenvalue weighted by atomic mass is 19.4. The quantitative estimate of drug-likeness (QED) is 0.140. The zero-order valence-corrected chi connectivity index (χ0v) is 30.8. The molecule has 4 heterocycles. The van der Waals surface area contributed by atoms with Crippen molar-refractivity contribution < 1.29 is 46.3 Å². The number of fused-ring (bicyclic) bond motifs is 1. The standard InChI is InChI=1S/C41H35F3N6O7/c1-21-46-36(49-57-21)35-32(41(42,43)44)19-29(20-45-35)56-27-11-6-23(7-12-27)40(2,3)22-4-9-26(10-5-22)55-28-16-25(17-28)47-24-8-13-30-31(18-24)39(54)50(38(30)53)33-14-15-34(51)48-37(33)52/h4-13,18-20,25,28,33,47H,14-17H2,1-3H3,(H,48,51,52)/t25-,28-,33?. The van der Waals surface area contributed by atoms with Gasteiger partial charge in [-0.15, -0.1) is 0 Å². The summed E-state index contributed by atoms with van der Waals surface area (Å²) in [7, 11) is 0. The summed E-state index contributed by atoms with van der Waals surface area (Å²) in [5.74, 6) is -1.38. The van der Waals surface area contributed by atoms with Gasteiger partial charge in [0.25, 0.3) is 11.8 Å². The number of imide groups is 2. The number of hydrogen-bond acceptors (Lipinski definition) is 11. The minimum absolute atomic E-state index is 0.0312. The average Bonchev–Trinajstić information content (AvgIpc) is 3.70. The van der Waals surface area contributed by atoms with Gasteiger partial charge in [0.1, 0.15) is 35.1 Å². The molecule has 4 amide bonds. The Balaban J connectivity index is 0.850. The van der Waals surface area contributed by atoms with Crippen LogP contribution in [0, 0.1) is 6.92 Å². The third-order valence-electron chi connectivity index (χ3n) is 10.5. The van der Waals surface area contributed by atoms with Gasteiger partial charge < -0.3 is 19.3 Å². The summed E-state index contributed by atoms with van der Waals surface area (Å²) in [6.45, 7) is 5.60. The number of anilines is 1. The Kier molecular flexibility index (Phi) is 9.29. The van der Waals surface area contributed by atoms with Crippen molar-refractivity contribution in [1.29, 1.82) is 0 Å². The van der Waals surface area contributed by atoms with Crippen LogP contribution < -0.4 is 20.1 Å². The summed E-state index contributed by atoms with van der Waals surface area (Å²) in [5.41, 5.74) is 1.15. The maximum atomic E-state index is 13.9. The van der Waals surface area contributed by atoms with Crippen LogP contribution in [0.2, 0.25) is 0 Å². The minimum Gasteiger partial charge on any atom is -0.490 e. The zero-order chi connectivity index (χ0) is 40.2. The first-order valence-corrected chi connectivity index (χ1v) is 18.2. The Morgan fingerprint density at radius 3 is 2.16 bits per heavy atom. The fraction of sp³-hybridized carbons (Fsp3) is 0.293. The van der Waals surface area contributed by atoms with Gasteiger partial charge in [-0.2, -0.15) is 18.2 Å². The van der Waals surface area contributed by atoms with Crippen LogP contribution >= 0.6 is 0 Å². The Labute approximate surface area is 323 Å². The summed E-state index contributed by atoms with van der Waals surface area (Å²) in [5, 5.41) is 9.17.